The van der Waals surface area contributed by atoms with Crippen LogP contribution in [0.4, 0.5) is 0 Å². The molecule has 0 aliphatic heterocycles. The van der Waals surface area contributed by atoms with Crippen molar-refractivity contribution in [2.45, 2.75) is 46.3 Å². The van der Waals surface area contributed by atoms with Gasteiger partial charge in [-0.25, -0.2) is 0 Å². The maximum absolute atomic E-state index is 9.22. The Kier molecular flexibility index (Phi) is 7.93. The molecule has 98 valence electrons. The van der Waals surface area contributed by atoms with Crippen molar-refractivity contribution in [3.05, 3.63) is 0 Å². The topological polar surface area (TPSA) is 64.7 Å². The molecule has 0 aromatic carbocycles. The Morgan fingerprint density at radius 2 is 1.81 bits per heavy atom. The maximum Gasteiger partial charge on any atom is 0.0962 e. The lowest BCUT2D eigenvalue weighted by Crippen LogP contribution is -2.48. The average molecular weight is 233 g/mol. The van der Waals surface area contributed by atoms with E-state index in [0.29, 0.717) is 13.2 Å². The molecule has 0 amide bonds. The van der Waals surface area contributed by atoms with Gasteiger partial charge in [-0.1, -0.05) is 27.7 Å². The second-order valence-electron chi connectivity index (χ2n) is 5.10. The highest BCUT2D eigenvalue weighted by molar-refractivity contribution is 4.84. The molecule has 0 rings (SSSR count). The molecule has 2 atom stereocenters. The maximum atomic E-state index is 9.22. The van der Waals surface area contributed by atoms with Gasteiger partial charge in [-0.3, -0.25) is 0 Å². The van der Waals surface area contributed by atoms with Gasteiger partial charge in [-0.05, 0) is 11.8 Å². The fourth-order valence-corrected chi connectivity index (χ4v) is 1.33. The second-order valence-corrected chi connectivity index (χ2v) is 5.10. The van der Waals surface area contributed by atoms with E-state index in [1.54, 1.807) is 0 Å². The highest BCUT2D eigenvalue weighted by Crippen LogP contribution is 2.21. The first-order chi connectivity index (χ1) is 7.43. The molecule has 0 heterocycles. The summed E-state index contributed by atoms with van der Waals surface area (Å²) in [6, 6.07) is -0.177. The first-order valence-corrected chi connectivity index (χ1v) is 5.99. The molecule has 0 saturated carbocycles. The molecule has 2 unspecified atom stereocenters. The van der Waals surface area contributed by atoms with Gasteiger partial charge in [-0.2, -0.15) is 0 Å². The van der Waals surface area contributed by atoms with Gasteiger partial charge in [0, 0.05) is 12.6 Å². The Bertz CT molecular complexity index is 168. The van der Waals surface area contributed by atoms with E-state index in [1.165, 1.54) is 0 Å². The van der Waals surface area contributed by atoms with Gasteiger partial charge >= 0.3 is 0 Å². The van der Waals surface area contributed by atoms with E-state index in [1.807, 2.05) is 20.8 Å². The number of hydrogen-bond acceptors (Lipinski definition) is 4. The Balaban J connectivity index is 3.83. The van der Waals surface area contributed by atoms with Crippen LogP contribution < -0.4 is 5.73 Å². The van der Waals surface area contributed by atoms with Gasteiger partial charge in [-0.15, -0.1) is 0 Å². The highest BCUT2D eigenvalue weighted by atomic mass is 16.5. The molecular weight excluding hydrogens is 206 g/mol. The standard InChI is InChI=1S/C12H27NO3/c1-5-6-15-7-8-16-10(9-14)11(13)12(2,3)4/h10-11,14H,5-9,13H2,1-4H3. The number of aliphatic hydroxyl groups is 1. The fraction of sp³-hybridized carbons (Fsp3) is 1.00. The van der Waals surface area contributed by atoms with E-state index in [0.717, 1.165) is 13.0 Å². The third-order valence-electron chi connectivity index (χ3n) is 2.49. The van der Waals surface area contributed by atoms with Gasteiger partial charge in [0.05, 0.1) is 25.9 Å². The number of rotatable bonds is 8. The average Bonchev–Trinajstić information content (AvgIpc) is 2.21. The third-order valence-corrected chi connectivity index (χ3v) is 2.49. The van der Waals surface area contributed by atoms with Crippen molar-refractivity contribution in [2.75, 3.05) is 26.4 Å². The monoisotopic (exact) mass is 233 g/mol. The number of hydrogen-bond donors (Lipinski definition) is 2. The van der Waals surface area contributed by atoms with E-state index in [-0.39, 0.29) is 24.2 Å². The Morgan fingerprint density at radius 1 is 1.19 bits per heavy atom. The normalized spacial score (nSPS) is 16.1. The lowest BCUT2D eigenvalue weighted by molar-refractivity contribution is -0.0460. The minimum Gasteiger partial charge on any atom is -0.394 e. The van der Waals surface area contributed by atoms with Crippen LogP contribution in [0.2, 0.25) is 0 Å². The van der Waals surface area contributed by atoms with Crippen molar-refractivity contribution in [1.82, 2.24) is 0 Å². The molecule has 0 saturated heterocycles. The van der Waals surface area contributed by atoms with Crippen molar-refractivity contribution >= 4 is 0 Å². The van der Waals surface area contributed by atoms with Crippen LogP contribution >= 0.6 is 0 Å². The molecule has 0 radical (unpaired) electrons. The van der Waals surface area contributed by atoms with Crippen molar-refractivity contribution in [2.24, 2.45) is 11.1 Å². The van der Waals surface area contributed by atoms with Gasteiger partial charge in [0.2, 0.25) is 0 Å². The van der Waals surface area contributed by atoms with Crippen LogP contribution in [0.15, 0.2) is 0 Å². The first-order valence-electron chi connectivity index (χ1n) is 5.99. The molecule has 0 bridgehead atoms. The lowest BCUT2D eigenvalue weighted by atomic mass is 9.84. The first kappa shape index (κ1) is 15.8. The summed E-state index contributed by atoms with van der Waals surface area (Å²) in [6.45, 7) is 9.92. The van der Waals surface area contributed by atoms with Gasteiger partial charge in [0.1, 0.15) is 0 Å². The molecule has 0 fully saturated rings. The van der Waals surface area contributed by atoms with Crippen LogP contribution in [0, 0.1) is 5.41 Å². The van der Waals surface area contributed by atoms with Crippen LogP contribution in [-0.2, 0) is 9.47 Å². The van der Waals surface area contributed by atoms with Crippen molar-refractivity contribution in [3.63, 3.8) is 0 Å². The Hall–Kier alpha value is -0.160. The molecule has 3 N–H and O–H groups in total. The van der Waals surface area contributed by atoms with Crippen LogP contribution in [0.25, 0.3) is 0 Å². The van der Waals surface area contributed by atoms with Gasteiger partial charge in [0.25, 0.3) is 0 Å². The van der Waals surface area contributed by atoms with E-state index < -0.39 is 0 Å². The predicted molar refractivity (Wildman–Crippen MR) is 65.4 cm³/mol. The van der Waals surface area contributed by atoms with Crippen LogP contribution in [-0.4, -0.2) is 43.7 Å². The molecular formula is C12H27NO3. The van der Waals surface area contributed by atoms with Gasteiger partial charge in [0.15, 0.2) is 0 Å². The summed E-state index contributed by atoms with van der Waals surface area (Å²) in [6.07, 6.45) is 0.690. The Labute approximate surface area is 99.1 Å². The molecule has 16 heavy (non-hydrogen) atoms. The third kappa shape index (κ3) is 6.43. The van der Waals surface area contributed by atoms with Crippen LogP contribution in [0.1, 0.15) is 34.1 Å². The lowest BCUT2D eigenvalue weighted by Gasteiger charge is -2.33. The zero-order valence-corrected chi connectivity index (χ0v) is 11.0. The van der Waals surface area contributed by atoms with Crippen molar-refractivity contribution < 1.29 is 14.6 Å². The largest absolute Gasteiger partial charge is 0.394 e. The fourth-order valence-electron chi connectivity index (χ4n) is 1.33. The zero-order chi connectivity index (χ0) is 12.6. The minimum absolute atomic E-state index is 0.0494. The number of nitrogens with two attached hydrogens (primary N) is 1. The van der Waals surface area contributed by atoms with E-state index in [2.05, 4.69) is 6.92 Å². The summed E-state index contributed by atoms with van der Waals surface area (Å²) in [5.74, 6) is 0. The minimum atomic E-state index is -0.315. The van der Waals surface area contributed by atoms with E-state index >= 15 is 0 Å². The molecule has 4 nitrogen and oxygen atoms in total. The van der Waals surface area contributed by atoms with Crippen molar-refractivity contribution in [3.8, 4) is 0 Å². The summed E-state index contributed by atoms with van der Waals surface area (Å²) < 4.78 is 10.8. The van der Waals surface area contributed by atoms with E-state index in [4.69, 9.17) is 15.2 Å². The SMILES string of the molecule is CCCOCCOC(CO)C(N)C(C)(C)C. The summed E-state index contributed by atoms with van der Waals surface area (Å²) >= 11 is 0. The van der Waals surface area contributed by atoms with E-state index in [9.17, 15) is 5.11 Å². The zero-order valence-electron chi connectivity index (χ0n) is 11.0. The quantitative estimate of drug-likeness (QED) is 0.618. The number of aliphatic hydroxyl groups excluding tert-OH is 1. The summed E-state index contributed by atoms with van der Waals surface area (Å²) in [5.41, 5.74) is 5.95. The molecule has 0 aliphatic rings. The molecule has 0 aliphatic carbocycles. The van der Waals surface area contributed by atoms with Crippen LogP contribution in [0.3, 0.4) is 0 Å². The van der Waals surface area contributed by atoms with Crippen LogP contribution in [0.5, 0.6) is 0 Å². The summed E-state index contributed by atoms with van der Waals surface area (Å²) in [5, 5.41) is 9.22. The molecule has 0 aromatic rings. The summed E-state index contributed by atoms with van der Waals surface area (Å²) in [4.78, 5) is 0. The predicted octanol–water partition coefficient (Wildman–Crippen LogP) is 1.16. The highest BCUT2D eigenvalue weighted by Gasteiger charge is 2.29. The number of ether oxygens (including phenoxy) is 2. The summed E-state index contributed by atoms with van der Waals surface area (Å²) in [7, 11) is 0. The Morgan fingerprint density at radius 3 is 2.25 bits per heavy atom. The smallest absolute Gasteiger partial charge is 0.0962 e. The van der Waals surface area contributed by atoms with Crippen molar-refractivity contribution in [1.29, 1.82) is 0 Å². The molecule has 0 aromatic heterocycles. The molecule has 4 heteroatoms. The van der Waals surface area contributed by atoms with Gasteiger partial charge < -0.3 is 20.3 Å². The molecule has 0 spiro atoms. The second kappa shape index (κ2) is 8.01.